The number of primary amides is 1. The highest BCUT2D eigenvalue weighted by atomic mass is 19.1. The number of piperidine rings is 1. The predicted molar refractivity (Wildman–Crippen MR) is 148 cm³/mol. The molecule has 1 aromatic carbocycles. The molecule has 2 atom stereocenters. The molecule has 0 spiro atoms. The monoisotopic (exact) mass is 558 g/mol. The average Bonchev–Trinajstić information content (AvgIpc) is 3.27. The Morgan fingerprint density at radius 1 is 1.20 bits per heavy atom. The quantitative estimate of drug-likeness (QED) is 0.457. The highest BCUT2D eigenvalue weighted by Crippen LogP contribution is 2.32. The van der Waals surface area contributed by atoms with E-state index in [1.165, 1.54) is 24.0 Å². The zero-order valence-electron chi connectivity index (χ0n) is 23.5. The summed E-state index contributed by atoms with van der Waals surface area (Å²) in [5.41, 5.74) is 3.69. The van der Waals surface area contributed by atoms with Crippen molar-refractivity contribution in [3.05, 3.63) is 47.9 Å². The van der Waals surface area contributed by atoms with Crippen LogP contribution in [0.3, 0.4) is 0 Å². The number of amides is 2. The lowest BCUT2D eigenvalue weighted by molar-refractivity contribution is -0.126. The molecule has 0 radical (unpaired) electrons. The summed E-state index contributed by atoms with van der Waals surface area (Å²) in [6.45, 7) is 7.98. The molecule has 0 saturated carbocycles. The molecule has 2 saturated heterocycles. The van der Waals surface area contributed by atoms with E-state index in [4.69, 9.17) is 10.5 Å². The van der Waals surface area contributed by atoms with Gasteiger partial charge in [0.2, 0.25) is 5.91 Å². The maximum absolute atomic E-state index is 15.1. The standard InChI is InChI=1S/C30H40F2N4O4/c1-4-30(32,5-2)19-35-12-10-20(11-13-35)18-40-23-7-9-26(34-16-23)24-8-6-21(14-25(24)31)27(38)36-17-22(37)15-29(36,3)28(33)39/h6-9,14,16,20,22,37H,4-5,10-13,15,17-19H2,1-3H3,(H2,33,39). The molecule has 0 bridgehead atoms. The largest absolute Gasteiger partial charge is 0.492 e. The molecule has 40 heavy (non-hydrogen) atoms. The van der Waals surface area contributed by atoms with Crippen LogP contribution in [-0.2, 0) is 4.79 Å². The van der Waals surface area contributed by atoms with Gasteiger partial charge in [0.25, 0.3) is 5.91 Å². The molecular weight excluding hydrogens is 518 g/mol. The highest BCUT2D eigenvalue weighted by Gasteiger charge is 2.48. The zero-order chi connectivity index (χ0) is 29.1. The van der Waals surface area contributed by atoms with Gasteiger partial charge in [-0.3, -0.25) is 14.6 Å². The van der Waals surface area contributed by atoms with Gasteiger partial charge in [0.15, 0.2) is 0 Å². The van der Waals surface area contributed by atoms with E-state index in [1.807, 2.05) is 13.8 Å². The molecule has 2 unspecified atom stereocenters. The van der Waals surface area contributed by atoms with Crippen LogP contribution in [-0.4, -0.2) is 81.8 Å². The number of carbonyl (C=O) groups excluding carboxylic acids is 2. The van der Waals surface area contributed by atoms with Crippen molar-refractivity contribution < 1.29 is 28.2 Å². The third kappa shape index (κ3) is 6.44. The normalized spacial score (nSPS) is 22.4. The molecule has 2 aliphatic rings. The first-order valence-electron chi connectivity index (χ1n) is 14.1. The van der Waals surface area contributed by atoms with Crippen molar-refractivity contribution in [1.29, 1.82) is 0 Å². The number of alkyl halides is 1. The Bertz CT molecular complexity index is 1200. The van der Waals surface area contributed by atoms with Crippen LogP contribution in [0.4, 0.5) is 8.78 Å². The highest BCUT2D eigenvalue weighted by molar-refractivity contribution is 5.99. The number of carbonyl (C=O) groups is 2. The van der Waals surface area contributed by atoms with Crippen LogP contribution in [0.1, 0.15) is 63.2 Å². The molecule has 218 valence electrons. The second kappa shape index (κ2) is 12.2. The Hall–Kier alpha value is -3.11. The van der Waals surface area contributed by atoms with E-state index in [0.29, 0.717) is 43.4 Å². The maximum Gasteiger partial charge on any atom is 0.254 e. The summed E-state index contributed by atoms with van der Waals surface area (Å²) >= 11 is 0. The van der Waals surface area contributed by atoms with Crippen molar-refractivity contribution in [3.63, 3.8) is 0 Å². The molecule has 10 heteroatoms. The van der Waals surface area contributed by atoms with E-state index in [9.17, 15) is 19.1 Å². The van der Waals surface area contributed by atoms with Crippen molar-refractivity contribution >= 4 is 11.8 Å². The smallest absolute Gasteiger partial charge is 0.254 e. The number of benzene rings is 1. The van der Waals surface area contributed by atoms with Gasteiger partial charge in [-0.15, -0.1) is 0 Å². The molecule has 1 aromatic heterocycles. The maximum atomic E-state index is 15.1. The molecule has 2 aromatic rings. The lowest BCUT2D eigenvalue weighted by atomic mass is 9.94. The van der Waals surface area contributed by atoms with Crippen LogP contribution in [0.15, 0.2) is 36.5 Å². The molecule has 0 aliphatic carbocycles. The fourth-order valence-corrected chi connectivity index (χ4v) is 5.62. The zero-order valence-corrected chi connectivity index (χ0v) is 23.5. The van der Waals surface area contributed by atoms with Gasteiger partial charge in [0.1, 0.15) is 22.8 Å². The Morgan fingerprint density at radius 3 is 2.48 bits per heavy atom. The number of ether oxygens (including phenoxy) is 1. The second-order valence-corrected chi connectivity index (χ2v) is 11.4. The summed E-state index contributed by atoms with van der Waals surface area (Å²) in [5.74, 6) is -0.980. The molecule has 2 aliphatic heterocycles. The number of pyridine rings is 1. The number of hydrogen-bond donors (Lipinski definition) is 2. The molecule has 2 fully saturated rings. The summed E-state index contributed by atoms with van der Waals surface area (Å²) in [4.78, 5) is 32.8. The van der Waals surface area contributed by atoms with Gasteiger partial charge < -0.3 is 25.4 Å². The van der Waals surface area contributed by atoms with Gasteiger partial charge in [-0.05, 0) is 81.9 Å². The Morgan fingerprint density at radius 2 is 1.90 bits per heavy atom. The van der Waals surface area contributed by atoms with E-state index < -0.39 is 34.9 Å². The molecule has 8 nitrogen and oxygen atoms in total. The number of rotatable bonds is 10. The summed E-state index contributed by atoms with van der Waals surface area (Å²) in [7, 11) is 0. The molecule has 3 heterocycles. The average molecular weight is 559 g/mol. The van der Waals surface area contributed by atoms with Crippen LogP contribution in [0.25, 0.3) is 11.3 Å². The molecule has 2 amide bonds. The van der Waals surface area contributed by atoms with Crippen LogP contribution in [0.2, 0.25) is 0 Å². The first-order valence-corrected chi connectivity index (χ1v) is 14.1. The Labute approximate surface area is 234 Å². The number of aromatic nitrogens is 1. The number of nitrogens with zero attached hydrogens (tertiary/aromatic N) is 3. The van der Waals surface area contributed by atoms with Gasteiger partial charge in [0, 0.05) is 30.6 Å². The first-order chi connectivity index (χ1) is 19.0. The number of nitrogens with two attached hydrogens (primary N) is 1. The summed E-state index contributed by atoms with van der Waals surface area (Å²) in [5, 5.41) is 10.0. The van der Waals surface area contributed by atoms with E-state index in [-0.39, 0.29) is 24.1 Å². The fourth-order valence-electron chi connectivity index (χ4n) is 5.62. The minimum Gasteiger partial charge on any atom is -0.492 e. The third-order valence-electron chi connectivity index (χ3n) is 8.59. The lowest BCUT2D eigenvalue weighted by Crippen LogP contribution is -2.53. The number of halogens is 2. The van der Waals surface area contributed by atoms with Gasteiger partial charge in [-0.25, -0.2) is 8.78 Å². The van der Waals surface area contributed by atoms with E-state index in [0.717, 1.165) is 32.0 Å². The fraction of sp³-hybridized carbons (Fsp3) is 0.567. The van der Waals surface area contributed by atoms with Crippen molar-refractivity contribution in [3.8, 4) is 17.0 Å². The number of aliphatic hydroxyl groups is 1. The Balaban J connectivity index is 1.33. The summed E-state index contributed by atoms with van der Waals surface area (Å²) in [6.07, 6.45) is 3.65. The van der Waals surface area contributed by atoms with E-state index in [2.05, 4.69) is 9.88 Å². The topological polar surface area (TPSA) is 109 Å². The first kappa shape index (κ1) is 29.9. The van der Waals surface area contributed by atoms with Crippen LogP contribution < -0.4 is 10.5 Å². The number of β-amino-alcohol motifs (C(OH)–C–C–N with tert-alkyl or cyclic N) is 1. The molecular formula is C30H40F2N4O4. The van der Waals surface area contributed by atoms with Crippen LogP contribution in [0, 0.1) is 11.7 Å². The van der Waals surface area contributed by atoms with Gasteiger partial charge >= 0.3 is 0 Å². The van der Waals surface area contributed by atoms with Crippen molar-refractivity contribution in [2.75, 3.05) is 32.8 Å². The number of aliphatic hydroxyl groups excluding tert-OH is 1. The molecule has 3 N–H and O–H groups in total. The van der Waals surface area contributed by atoms with Crippen molar-refractivity contribution in [2.24, 2.45) is 11.7 Å². The minimum atomic E-state index is -1.34. The molecule has 4 rings (SSSR count). The lowest BCUT2D eigenvalue weighted by Gasteiger charge is -2.36. The van der Waals surface area contributed by atoms with E-state index >= 15 is 4.39 Å². The van der Waals surface area contributed by atoms with Crippen molar-refractivity contribution in [1.82, 2.24) is 14.8 Å². The van der Waals surface area contributed by atoms with Crippen LogP contribution >= 0.6 is 0 Å². The Kier molecular flexibility index (Phi) is 9.09. The van der Waals surface area contributed by atoms with Gasteiger partial charge in [-0.2, -0.15) is 0 Å². The van der Waals surface area contributed by atoms with Crippen LogP contribution in [0.5, 0.6) is 5.75 Å². The summed E-state index contributed by atoms with van der Waals surface area (Å²) in [6, 6.07) is 7.45. The number of hydrogen-bond acceptors (Lipinski definition) is 6. The minimum absolute atomic E-state index is 0.0316. The third-order valence-corrected chi connectivity index (χ3v) is 8.59. The summed E-state index contributed by atoms with van der Waals surface area (Å²) < 4.78 is 35.7. The van der Waals surface area contributed by atoms with Gasteiger partial charge in [-0.1, -0.05) is 13.8 Å². The SMILES string of the molecule is CCC(F)(CC)CN1CCC(COc2ccc(-c3ccc(C(=O)N4CC(O)CC4(C)C(N)=O)cc3F)nc2)CC1. The van der Waals surface area contributed by atoms with E-state index in [1.54, 1.807) is 18.3 Å². The second-order valence-electron chi connectivity index (χ2n) is 11.4. The van der Waals surface area contributed by atoms with Gasteiger partial charge in [0.05, 0.1) is 24.6 Å². The predicted octanol–water partition coefficient (Wildman–Crippen LogP) is 3.96. The number of likely N-dealkylation sites (tertiary alicyclic amines) is 2. The van der Waals surface area contributed by atoms with Crippen molar-refractivity contribution in [2.45, 2.75) is 70.2 Å².